The molecule has 0 aliphatic rings. The molecule has 0 saturated heterocycles. The molecule has 0 amide bonds. The SMILES string of the molecule is O=S(=O)(NCCn1cccn1)c1ccc(CO)c(Cl)c1. The summed E-state index contributed by atoms with van der Waals surface area (Å²) in [4.78, 5) is 0.0696. The molecule has 0 spiro atoms. The predicted molar refractivity (Wildman–Crippen MR) is 74.8 cm³/mol. The first-order chi connectivity index (χ1) is 9.53. The highest BCUT2D eigenvalue weighted by Crippen LogP contribution is 2.20. The van der Waals surface area contributed by atoms with Gasteiger partial charge in [0.25, 0.3) is 0 Å². The molecule has 1 aromatic carbocycles. The van der Waals surface area contributed by atoms with Crippen molar-refractivity contribution in [3.63, 3.8) is 0 Å². The molecule has 108 valence electrons. The normalized spacial score (nSPS) is 11.7. The van der Waals surface area contributed by atoms with E-state index in [-0.39, 0.29) is 23.1 Å². The van der Waals surface area contributed by atoms with Crippen LogP contribution in [0.2, 0.25) is 5.02 Å². The van der Waals surface area contributed by atoms with Crippen LogP contribution in [-0.2, 0) is 23.2 Å². The van der Waals surface area contributed by atoms with Gasteiger partial charge in [0.05, 0.1) is 18.0 Å². The van der Waals surface area contributed by atoms with E-state index >= 15 is 0 Å². The Kier molecular flexibility index (Phi) is 4.77. The standard InChI is InChI=1S/C12H14ClN3O3S/c13-12-8-11(3-2-10(12)9-17)20(18,19)15-5-7-16-6-1-4-14-16/h1-4,6,8,15,17H,5,7,9H2. The third kappa shape index (κ3) is 3.57. The Morgan fingerprint density at radius 1 is 1.40 bits per heavy atom. The molecule has 0 fully saturated rings. The smallest absolute Gasteiger partial charge is 0.240 e. The molecule has 2 aromatic rings. The zero-order chi connectivity index (χ0) is 14.6. The average Bonchev–Trinajstić information content (AvgIpc) is 2.91. The second-order valence-corrected chi connectivity index (χ2v) is 6.25. The number of aromatic nitrogens is 2. The Morgan fingerprint density at radius 2 is 2.20 bits per heavy atom. The van der Waals surface area contributed by atoms with Gasteiger partial charge in [-0.2, -0.15) is 5.10 Å². The summed E-state index contributed by atoms with van der Waals surface area (Å²) in [5, 5.41) is 13.2. The molecule has 0 radical (unpaired) electrons. The second-order valence-electron chi connectivity index (χ2n) is 4.08. The van der Waals surface area contributed by atoms with Gasteiger partial charge in [0.1, 0.15) is 0 Å². The molecule has 1 heterocycles. The van der Waals surface area contributed by atoms with Gasteiger partial charge in [-0.05, 0) is 23.8 Å². The molecular formula is C12H14ClN3O3S. The lowest BCUT2D eigenvalue weighted by molar-refractivity contribution is 0.282. The monoisotopic (exact) mass is 315 g/mol. The number of benzene rings is 1. The maximum atomic E-state index is 12.1. The summed E-state index contributed by atoms with van der Waals surface area (Å²) in [6, 6.07) is 5.99. The van der Waals surface area contributed by atoms with E-state index in [2.05, 4.69) is 9.82 Å². The number of hydrogen-bond donors (Lipinski definition) is 2. The Bertz CT molecular complexity index is 671. The van der Waals surface area contributed by atoms with Crippen molar-refractivity contribution in [1.29, 1.82) is 0 Å². The van der Waals surface area contributed by atoms with E-state index in [1.54, 1.807) is 23.1 Å². The molecule has 1 aromatic heterocycles. The lowest BCUT2D eigenvalue weighted by atomic mass is 10.2. The van der Waals surface area contributed by atoms with Gasteiger partial charge in [-0.1, -0.05) is 17.7 Å². The van der Waals surface area contributed by atoms with Crippen molar-refractivity contribution >= 4 is 21.6 Å². The van der Waals surface area contributed by atoms with Gasteiger partial charge in [0.15, 0.2) is 0 Å². The highest BCUT2D eigenvalue weighted by molar-refractivity contribution is 7.89. The van der Waals surface area contributed by atoms with Crippen molar-refractivity contribution in [3.8, 4) is 0 Å². The minimum absolute atomic E-state index is 0.0696. The Balaban J connectivity index is 2.04. The fourth-order valence-electron chi connectivity index (χ4n) is 1.63. The van der Waals surface area contributed by atoms with Crippen LogP contribution in [0.15, 0.2) is 41.6 Å². The fourth-order valence-corrected chi connectivity index (χ4v) is 2.99. The Hall–Kier alpha value is -1.41. The quantitative estimate of drug-likeness (QED) is 0.833. The molecule has 0 bridgehead atoms. The summed E-state index contributed by atoms with van der Waals surface area (Å²) >= 11 is 5.88. The van der Waals surface area contributed by atoms with Gasteiger partial charge in [-0.3, -0.25) is 4.68 Å². The van der Waals surface area contributed by atoms with E-state index in [0.717, 1.165) is 0 Å². The second kappa shape index (κ2) is 6.36. The third-order valence-corrected chi connectivity index (χ3v) is 4.51. The molecule has 2 rings (SSSR count). The third-order valence-electron chi connectivity index (χ3n) is 2.70. The van der Waals surface area contributed by atoms with Crippen molar-refractivity contribution in [1.82, 2.24) is 14.5 Å². The highest BCUT2D eigenvalue weighted by Gasteiger charge is 2.15. The number of nitrogens with zero attached hydrogens (tertiary/aromatic N) is 2. The first kappa shape index (κ1) is 15.0. The molecule has 0 atom stereocenters. The van der Waals surface area contributed by atoms with Gasteiger partial charge >= 0.3 is 0 Å². The summed E-state index contributed by atoms with van der Waals surface area (Å²) in [5.41, 5.74) is 0.488. The molecule has 20 heavy (non-hydrogen) atoms. The average molecular weight is 316 g/mol. The van der Waals surface area contributed by atoms with Crippen LogP contribution in [0.4, 0.5) is 0 Å². The summed E-state index contributed by atoms with van der Waals surface area (Å²) in [6.45, 7) is 0.434. The molecule has 0 aliphatic heterocycles. The van der Waals surface area contributed by atoms with Crippen LogP contribution in [0.25, 0.3) is 0 Å². The van der Waals surface area contributed by atoms with Crippen molar-refractivity contribution in [2.75, 3.05) is 6.54 Å². The van der Waals surface area contributed by atoms with Crippen molar-refractivity contribution in [3.05, 3.63) is 47.2 Å². The zero-order valence-electron chi connectivity index (χ0n) is 10.5. The van der Waals surface area contributed by atoms with Crippen LogP contribution in [0.5, 0.6) is 0 Å². The number of nitrogens with one attached hydrogen (secondary N) is 1. The zero-order valence-corrected chi connectivity index (χ0v) is 12.1. The molecule has 8 heteroatoms. The number of halogens is 1. The van der Waals surface area contributed by atoms with E-state index < -0.39 is 10.0 Å². The lowest BCUT2D eigenvalue weighted by Crippen LogP contribution is -2.27. The summed E-state index contributed by atoms with van der Waals surface area (Å²) in [6.07, 6.45) is 3.38. The molecule has 2 N–H and O–H groups in total. The van der Waals surface area contributed by atoms with Gasteiger partial charge in [0, 0.05) is 24.0 Å². The molecule has 6 nitrogen and oxygen atoms in total. The first-order valence-electron chi connectivity index (χ1n) is 5.89. The summed E-state index contributed by atoms with van der Waals surface area (Å²) < 4.78 is 28.2. The van der Waals surface area contributed by atoms with Gasteiger partial charge in [-0.15, -0.1) is 0 Å². The van der Waals surface area contributed by atoms with E-state index in [9.17, 15) is 8.42 Å². The maximum absolute atomic E-state index is 12.1. The van der Waals surface area contributed by atoms with Crippen LogP contribution >= 0.6 is 11.6 Å². The van der Waals surface area contributed by atoms with Crippen LogP contribution in [0.1, 0.15) is 5.56 Å². The minimum atomic E-state index is -3.62. The number of rotatable bonds is 6. The molecular weight excluding hydrogens is 302 g/mol. The molecule has 0 saturated carbocycles. The number of aliphatic hydroxyl groups is 1. The predicted octanol–water partition coefficient (Wildman–Crippen LogP) is 1.01. The fraction of sp³-hybridized carbons (Fsp3) is 0.250. The van der Waals surface area contributed by atoms with Crippen LogP contribution in [-0.4, -0.2) is 29.8 Å². The van der Waals surface area contributed by atoms with E-state index in [4.69, 9.17) is 16.7 Å². The van der Waals surface area contributed by atoms with Crippen LogP contribution < -0.4 is 4.72 Å². The molecule has 0 aliphatic carbocycles. The first-order valence-corrected chi connectivity index (χ1v) is 7.75. The van der Waals surface area contributed by atoms with Crippen molar-refractivity contribution in [2.45, 2.75) is 18.0 Å². The van der Waals surface area contributed by atoms with E-state index in [1.165, 1.54) is 18.2 Å². The van der Waals surface area contributed by atoms with Crippen LogP contribution in [0.3, 0.4) is 0 Å². The maximum Gasteiger partial charge on any atom is 0.240 e. The summed E-state index contributed by atoms with van der Waals surface area (Å²) in [5.74, 6) is 0. The number of aliphatic hydroxyl groups excluding tert-OH is 1. The topological polar surface area (TPSA) is 84.2 Å². The number of sulfonamides is 1. The van der Waals surface area contributed by atoms with Gasteiger partial charge in [0.2, 0.25) is 10.0 Å². The number of hydrogen-bond acceptors (Lipinski definition) is 4. The lowest BCUT2D eigenvalue weighted by Gasteiger charge is -2.08. The van der Waals surface area contributed by atoms with Crippen LogP contribution in [0, 0.1) is 0 Å². The van der Waals surface area contributed by atoms with Gasteiger partial charge < -0.3 is 5.11 Å². The Morgan fingerprint density at radius 3 is 2.80 bits per heavy atom. The minimum Gasteiger partial charge on any atom is -0.392 e. The summed E-state index contributed by atoms with van der Waals surface area (Å²) in [7, 11) is -3.62. The highest BCUT2D eigenvalue weighted by atomic mass is 35.5. The van der Waals surface area contributed by atoms with Crippen molar-refractivity contribution in [2.24, 2.45) is 0 Å². The Labute approximate surface area is 122 Å². The van der Waals surface area contributed by atoms with E-state index in [1.807, 2.05) is 0 Å². The molecule has 0 unspecified atom stereocenters. The van der Waals surface area contributed by atoms with Gasteiger partial charge in [-0.25, -0.2) is 13.1 Å². The van der Waals surface area contributed by atoms with Crippen molar-refractivity contribution < 1.29 is 13.5 Å². The van der Waals surface area contributed by atoms with E-state index in [0.29, 0.717) is 12.1 Å². The largest absolute Gasteiger partial charge is 0.392 e.